The third-order valence-electron chi connectivity index (χ3n) is 4.40. The van der Waals surface area contributed by atoms with E-state index in [1.165, 1.54) is 12.0 Å². The number of methoxy groups -OCH3 is 1. The van der Waals surface area contributed by atoms with Crippen molar-refractivity contribution in [2.75, 3.05) is 40.4 Å². The maximum Gasteiger partial charge on any atom is 0.193 e. The Balaban J connectivity index is 1.49. The monoisotopic (exact) mass is 303 g/mol. The van der Waals surface area contributed by atoms with Crippen LogP contribution in [0, 0.1) is 5.92 Å². The van der Waals surface area contributed by atoms with Crippen molar-refractivity contribution in [3.63, 3.8) is 0 Å². The molecule has 22 heavy (non-hydrogen) atoms. The summed E-state index contributed by atoms with van der Waals surface area (Å²) in [5.41, 5.74) is 1.30. The molecule has 0 amide bonds. The van der Waals surface area contributed by atoms with Crippen molar-refractivity contribution in [2.45, 2.75) is 18.9 Å². The second-order valence-electron chi connectivity index (χ2n) is 6.04. The minimum atomic E-state index is 0.187. The second kappa shape index (κ2) is 7.01. The van der Waals surface area contributed by atoms with Crippen molar-refractivity contribution < 1.29 is 9.47 Å². The molecule has 2 unspecified atom stereocenters. The van der Waals surface area contributed by atoms with Gasteiger partial charge in [-0.05, 0) is 18.1 Å². The number of aliphatic imine (C=N–C) groups is 1. The Morgan fingerprint density at radius 1 is 1.45 bits per heavy atom. The number of fused-ring (bicyclic) bond motifs is 1. The van der Waals surface area contributed by atoms with Crippen molar-refractivity contribution in [1.82, 2.24) is 10.2 Å². The number of likely N-dealkylation sites (tertiary alicyclic amines) is 1. The lowest BCUT2D eigenvalue weighted by Crippen LogP contribution is -2.44. The number of guanidine groups is 1. The van der Waals surface area contributed by atoms with E-state index in [1.807, 2.05) is 19.2 Å². The Hall–Kier alpha value is -1.75. The minimum Gasteiger partial charge on any atom is -0.488 e. The van der Waals surface area contributed by atoms with Gasteiger partial charge in [0.2, 0.25) is 0 Å². The summed E-state index contributed by atoms with van der Waals surface area (Å²) < 4.78 is 11.2. The van der Waals surface area contributed by atoms with Crippen molar-refractivity contribution in [2.24, 2.45) is 10.9 Å². The minimum absolute atomic E-state index is 0.187. The number of rotatable bonds is 4. The van der Waals surface area contributed by atoms with Crippen LogP contribution in [0.25, 0.3) is 0 Å². The first-order valence-electron chi connectivity index (χ1n) is 7.99. The zero-order valence-corrected chi connectivity index (χ0v) is 13.4. The molecule has 0 spiro atoms. The molecular weight excluding hydrogens is 278 g/mol. The molecule has 2 heterocycles. The summed E-state index contributed by atoms with van der Waals surface area (Å²) in [6.45, 7) is 3.67. The molecule has 0 radical (unpaired) electrons. The Kier molecular flexibility index (Phi) is 4.83. The Bertz CT molecular complexity index is 507. The summed E-state index contributed by atoms with van der Waals surface area (Å²) in [6, 6.07) is 8.27. The van der Waals surface area contributed by atoms with E-state index >= 15 is 0 Å². The Labute approximate surface area is 132 Å². The summed E-state index contributed by atoms with van der Waals surface area (Å²) in [5.74, 6) is 2.60. The molecule has 3 rings (SSSR count). The maximum absolute atomic E-state index is 5.97. The van der Waals surface area contributed by atoms with Gasteiger partial charge in [-0.3, -0.25) is 4.99 Å². The van der Waals surface area contributed by atoms with Crippen molar-refractivity contribution in [3.05, 3.63) is 29.8 Å². The van der Waals surface area contributed by atoms with Crippen LogP contribution >= 0.6 is 0 Å². The van der Waals surface area contributed by atoms with E-state index in [0.717, 1.165) is 44.4 Å². The molecule has 0 bridgehead atoms. The molecule has 5 nitrogen and oxygen atoms in total. The summed E-state index contributed by atoms with van der Waals surface area (Å²) in [7, 11) is 3.61. The fourth-order valence-electron chi connectivity index (χ4n) is 3.30. The van der Waals surface area contributed by atoms with Crippen LogP contribution in [0.3, 0.4) is 0 Å². The topological polar surface area (TPSA) is 46.1 Å². The highest BCUT2D eigenvalue weighted by Crippen LogP contribution is 2.27. The van der Waals surface area contributed by atoms with E-state index in [9.17, 15) is 0 Å². The van der Waals surface area contributed by atoms with Crippen LogP contribution in [-0.2, 0) is 11.2 Å². The number of nitrogens with zero attached hydrogens (tertiary/aromatic N) is 2. The number of nitrogens with one attached hydrogen (secondary N) is 1. The summed E-state index contributed by atoms with van der Waals surface area (Å²) in [5, 5.41) is 3.46. The van der Waals surface area contributed by atoms with Crippen LogP contribution in [0.5, 0.6) is 5.75 Å². The number of ether oxygens (including phenoxy) is 2. The third-order valence-corrected chi connectivity index (χ3v) is 4.40. The SMILES string of the molecule is CN=C(NCC1Cc2ccccc2O1)N1CCC(COC)C1. The Morgan fingerprint density at radius 2 is 2.32 bits per heavy atom. The zero-order valence-electron chi connectivity index (χ0n) is 13.4. The van der Waals surface area contributed by atoms with Crippen molar-refractivity contribution in [3.8, 4) is 5.75 Å². The quantitative estimate of drug-likeness (QED) is 0.677. The molecule has 1 saturated heterocycles. The molecule has 2 atom stereocenters. The van der Waals surface area contributed by atoms with Gasteiger partial charge < -0.3 is 19.7 Å². The van der Waals surface area contributed by atoms with Gasteiger partial charge in [0, 0.05) is 39.6 Å². The van der Waals surface area contributed by atoms with E-state index in [-0.39, 0.29) is 6.10 Å². The number of hydrogen-bond acceptors (Lipinski definition) is 3. The van der Waals surface area contributed by atoms with E-state index < -0.39 is 0 Å². The van der Waals surface area contributed by atoms with Crippen LogP contribution in [0.15, 0.2) is 29.3 Å². The third kappa shape index (κ3) is 3.35. The van der Waals surface area contributed by atoms with E-state index in [0.29, 0.717) is 5.92 Å². The molecule has 1 aromatic rings. The molecule has 1 aromatic carbocycles. The molecule has 120 valence electrons. The molecule has 2 aliphatic rings. The van der Waals surface area contributed by atoms with Gasteiger partial charge in [0.1, 0.15) is 11.9 Å². The highest BCUT2D eigenvalue weighted by Gasteiger charge is 2.26. The molecule has 0 aromatic heterocycles. The lowest BCUT2D eigenvalue weighted by Gasteiger charge is -2.23. The van der Waals surface area contributed by atoms with Gasteiger partial charge in [0.05, 0.1) is 13.2 Å². The number of hydrogen-bond donors (Lipinski definition) is 1. The summed E-state index contributed by atoms with van der Waals surface area (Å²) in [4.78, 5) is 6.72. The van der Waals surface area contributed by atoms with Crippen LogP contribution in [0.4, 0.5) is 0 Å². The first kappa shape index (κ1) is 15.2. The average molecular weight is 303 g/mol. The predicted molar refractivity (Wildman–Crippen MR) is 87.5 cm³/mol. The maximum atomic E-state index is 5.97. The van der Waals surface area contributed by atoms with Gasteiger partial charge in [0.25, 0.3) is 0 Å². The fraction of sp³-hybridized carbons (Fsp3) is 0.588. The molecular formula is C17H25N3O2. The lowest BCUT2D eigenvalue weighted by molar-refractivity contribution is 0.157. The van der Waals surface area contributed by atoms with E-state index in [2.05, 4.69) is 27.3 Å². The van der Waals surface area contributed by atoms with Gasteiger partial charge in [-0.1, -0.05) is 18.2 Å². The standard InChI is InChI=1S/C17H25N3O2/c1-18-17(20-8-7-13(11-20)12-21-2)19-10-15-9-14-5-3-4-6-16(14)22-15/h3-6,13,15H,7-12H2,1-2H3,(H,18,19). The van der Waals surface area contributed by atoms with Crippen molar-refractivity contribution >= 4 is 5.96 Å². The molecule has 1 N–H and O–H groups in total. The molecule has 2 aliphatic heterocycles. The fourth-order valence-corrected chi connectivity index (χ4v) is 3.30. The van der Waals surface area contributed by atoms with Gasteiger partial charge >= 0.3 is 0 Å². The predicted octanol–water partition coefficient (Wildman–Crippen LogP) is 1.53. The van der Waals surface area contributed by atoms with Gasteiger partial charge in [0.15, 0.2) is 5.96 Å². The summed E-state index contributed by atoms with van der Waals surface area (Å²) >= 11 is 0. The Morgan fingerprint density at radius 3 is 3.09 bits per heavy atom. The number of para-hydroxylation sites is 1. The molecule has 5 heteroatoms. The van der Waals surface area contributed by atoms with E-state index in [1.54, 1.807) is 7.11 Å². The first-order chi connectivity index (χ1) is 10.8. The van der Waals surface area contributed by atoms with Gasteiger partial charge in [-0.15, -0.1) is 0 Å². The van der Waals surface area contributed by atoms with Crippen LogP contribution in [0.2, 0.25) is 0 Å². The smallest absolute Gasteiger partial charge is 0.193 e. The normalized spacial score (nSPS) is 24.3. The highest BCUT2D eigenvalue weighted by molar-refractivity contribution is 5.80. The molecule has 0 saturated carbocycles. The average Bonchev–Trinajstić information content (AvgIpc) is 3.15. The van der Waals surface area contributed by atoms with Gasteiger partial charge in [-0.25, -0.2) is 0 Å². The highest BCUT2D eigenvalue weighted by atomic mass is 16.5. The molecule has 1 fully saturated rings. The van der Waals surface area contributed by atoms with Gasteiger partial charge in [-0.2, -0.15) is 0 Å². The number of benzene rings is 1. The largest absolute Gasteiger partial charge is 0.488 e. The van der Waals surface area contributed by atoms with Crippen LogP contribution < -0.4 is 10.1 Å². The van der Waals surface area contributed by atoms with Crippen molar-refractivity contribution in [1.29, 1.82) is 0 Å². The lowest BCUT2D eigenvalue weighted by atomic mass is 10.1. The zero-order chi connectivity index (χ0) is 15.4. The first-order valence-corrected chi connectivity index (χ1v) is 7.99. The summed E-state index contributed by atoms with van der Waals surface area (Å²) in [6.07, 6.45) is 2.32. The van der Waals surface area contributed by atoms with Crippen LogP contribution in [-0.4, -0.2) is 57.4 Å². The second-order valence-corrected chi connectivity index (χ2v) is 6.04. The molecule has 0 aliphatic carbocycles. The van der Waals surface area contributed by atoms with E-state index in [4.69, 9.17) is 9.47 Å². The van der Waals surface area contributed by atoms with Crippen LogP contribution in [0.1, 0.15) is 12.0 Å².